The van der Waals surface area contributed by atoms with E-state index in [0.717, 1.165) is 24.4 Å². The third-order valence-corrected chi connectivity index (χ3v) is 3.08. The van der Waals surface area contributed by atoms with Crippen LogP contribution in [-0.4, -0.2) is 15.3 Å². The van der Waals surface area contributed by atoms with Gasteiger partial charge in [0.15, 0.2) is 5.78 Å². The minimum Gasteiger partial charge on any atom is -0.335 e. The Bertz CT molecular complexity index is 590. The highest BCUT2D eigenvalue weighted by Gasteiger charge is 2.14. The third-order valence-electron chi connectivity index (χ3n) is 3.08. The van der Waals surface area contributed by atoms with Gasteiger partial charge in [-0.2, -0.15) is 0 Å². The summed E-state index contributed by atoms with van der Waals surface area (Å²) in [6.45, 7) is 4.72. The monoisotopic (exact) mass is 260 g/mol. The van der Waals surface area contributed by atoms with Crippen molar-refractivity contribution in [2.24, 2.45) is 0 Å². The summed E-state index contributed by atoms with van der Waals surface area (Å²) in [7, 11) is 0. The summed E-state index contributed by atoms with van der Waals surface area (Å²) in [6, 6.07) is 4.29. The van der Waals surface area contributed by atoms with Gasteiger partial charge >= 0.3 is 0 Å². The zero-order valence-corrected chi connectivity index (χ0v) is 11.2. The molecule has 1 aromatic heterocycles. The molecule has 0 fully saturated rings. The fourth-order valence-corrected chi connectivity index (χ4v) is 2.09. The van der Waals surface area contributed by atoms with Crippen molar-refractivity contribution in [2.75, 3.05) is 0 Å². The van der Waals surface area contributed by atoms with Crippen LogP contribution in [0.4, 0.5) is 4.39 Å². The van der Waals surface area contributed by atoms with E-state index >= 15 is 0 Å². The number of Topliss-reactive ketones (excluding diaryl/α,β-unsaturated/α-hetero) is 1. The fraction of sp³-hybridized carbons (Fsp3) is 0.333. The minimum absolute atomic E-state index is 0.0967. The number of benzene rings is 1. The molecule has 0 saturated heterocycles. The number of aromatic nitrogens is 2. The van der Waals surface area contributed by atoms with E-state index in [1.165, 1.54) is 12.1 Å². The second-order valence-corrected chi connectivity index (χ2v) is 4.60. The molecule has 0 aliphatic heterocycles. The number of hydrogen-bond donors (Lipinski definition) is 0. The molecule has 0 radical (unpaired) electrons. The van der Waals surface area contributed by atoms with E-state index in [2.05, 4.69) is 11.9 Å². The maximum Gasteiger partial charge on any atom is 0.170 e. The number of nitrogens with zero attached hydrogens (tertiary/aromatic N) is 2. The Morgan fingerprint density at radius 2 is 2.21 bits per heavy atom. The van der Waals surface area contributed by atoms with Gasteiger partial charge in [-0.15, -0.1) is 0 Å². The molecule has 19 heavy (non-hydrogen) atoms. The lowest BCUT2D eigenvalue weighted by atomic mass is 10.0. The number of hydrogen-bond acceptors (Lipinski definition) is 2. The molecule has 100 valence electrons. The molecule has 2 rings (SSSR count). The van der Waals surface area contributed by atoms with Gasteiger partial charge in [0.1, 0.15) is 11.6 Å². The van der Waals surface area contributed by atoms with Crippen molar-refractivity contribution in [3.63, 3.8) is 0 Å². The summed E-state index contributed by atoms with van der Waals surface area (Å²) in [5.41, 5.74) is 1.23. The minimum atomic E-state index is -0.383. The van der Waals surface area contributed by atoms with Crippen molar-refractivity contribution in [3.8, 4) is 0 Å². The van der Waals surface area contributed by atoms with Crippen LogP contribution in [0.3, 0.4) is 0 Å². The summed E-state index contributed by atoms with van der Waals surface area (Å²) in [4.78, 5) is 16.4. The average Bonchev–Trinajstić information content (AvgIpc) is 2.80. The van der Waals surface area contributed by atoms with E-state index in [0.29, 0.717) is 5.56 Å². The van der Waals surface area contributed by atoms with Crippen LogP contribution in [0.2, 0.25) is 0 Å². The lowest BCUT2D eigenvalue weighted by Crippen LogP contribution is -2.11. The predicted octanol–water partition coefficient (Wildman–Crippen LogP) is 3.17. The molecule has 0 unspecified atom stereocenters. The van der Waals surface area contributed by atoms with Gasteiger partial charge in [0.2, 0.25) is 0 Å². The summed E-state index contributed by atoms with van der Waals surface area (Å²) >= 11 is 0. The van der Waals surface area contributed by atoms with Crippen LogP contribution < -0.4 is 0 Å². The molecule has 0 bridgehead atoms. The van der Waals surface area contributed by atoms with E-state index in [9.17, 15) is 9.18 Å². The molecule has 0 aliphatic rings. The largest absolute Gasteiger partial charge is 0.335 e. The molecule has 0 spiro atoms. The molecular formula is C15H17FN2O. The molecule has 3 nitrogen and oxygen atoms in total. The lowest BCUT2D eigenvalue weighted by Gasteiger charge is -2.07. The van der Waals surface area contributed by atoms with Gasteiger partial charge in [-0.3, -0.25) is 4.79 Å². The van der Waals surface area contributed by atoms with Gasteiger partial charge in [0.25, 0.3) is 0 Å². The first kappa shape index (κ1) is 13.5. The second-order valence-electron chi connectivity index (χ2n) is 4.60. The van der Waals surface area contributed by atoms with Gasteiger partial charge in [0.05, 0.1) is 6.42 Å². The fourth-order valence-electron chi connectivity index (χ4n) is 2.09. The van der Waals surface area contributed by atoms with Gasteiger partial charge in [0, 0.05) is 24.5 Å². The van der Waals surface area contributed by atoms with E-state index in [1.54, 1.807) is 12.3 Å². The molecule has 1 heterocycles. The van der Waals surface area contributed by atoms with Crippen LogP contribution in [0, 0.1) is 12.7 Å². The molecule has 4 heteroatoms. The Kier molecular flexibility index (Phi) is 4.10. The van der Waals surface area contributed by atoms with Crippen molar-refractivity contribution in [1.82, 2.24) is 9.55 Å². The molecule has 0 saturated carbocycles. The standard InChI is InChI=1S/C15H17FN2O/c1-3-7-18-8-6-17-15(18)10-14(19)13-9-12(16)5-4-11(13)2/h4-6,8-9H,3,7,10H2,1-2H3. The summed E-state index contributed by atoms with van der Waals surface area (Å²) in [5, 5.41) is 0. The number of carbonyl (C=O) groups excluding carboxylic acids is 1. The number of aryl methyl sites for hydroxylation is 2. The zero-order valence-electron chi connectivity index (χ0n) is 11.2. The SMILES string of the molecule is CCCn1ccnc1CC(=O)c1cc(F)ccc1C. The second kappa shape index (κ2) is 5.78. The first-order valence-corrected chi connectivity index (χ1v) is 6.41. The number of ketones is 1. The van der Waals surface area contributed by atoms with Gasteiger partial charge < -0.3 is 4.57 Å². The smallest absolute Gasteiger partial charge is 0.170 e. The number of rotatable bonds is 5. The molecular weight excluding hydrogens is 243 g/mol. The van der Waals surface area contributed by atoms with Crippen LogP contribution in [0.1, 0.15) is 35.1 Å². The highest BCUT2D eigenvalue weighted by Crippen LogP contribution is 2.13. The van der Waals surface area contributed by atoms with Crippen LogP contribution >= 0.6 is 0 Å². The topological polar surface area (TPSA) is 34.9 Å². The van der Waals surface area contributed by atoms with Crippen molar-refractivity contribution in [3.05, 3.63) is 53.4 Å². The normalized spacial score (nSPS) is 10.7. The van der Waals surface area contributed by atoms with Crippen molar-refractivity contribution in [1.29, 1.82) is 0 Å². The number of halogens is 1. The Balaban J connectivity index is 2.21. The molecule has 0 amide bonds. The Labute approximate surface area is 112 Å². The number of imidazole rings is 1. The summed E-state index contributed by atoms with van der Waals surface area (Å²) < 4.78 is 15.2. The Morgan fingerprint density at radius 3 is 2.95 bits per heavy atom. The van der Waals surface area contributed by atoms with E-state index < -0.39 is 0 Å². The van der Waals surface area contributed by atoms with Crippen molar-refractivity contribution >= 4 is 5.78 Å². The van der Waals surface area contributed by atoms with Crippen LogP contribution in [0.25, 0.3) is 0 Å². The highest BCUT2D eigenvalue weighted by atomic mass is 19.1. The van der Waals surface area contributed by atoms with Gasteiger partial charge in [-0.1, -0.05) is 13.0 Å². The quantitative estimate of drug-likeness (QED) is 0.774. The van der Waals surface area contributed by atoms with Gasteiger partial charge in [-0.05, 0) is 31.0 Å². The molecule has 1 aromatic carbocycles. The lowest BCUT2D eigenvalue weighted by molar-refractivity contribution is 0.0988. The summed E-state index contributed by atoms with van der Waals surface area (Å²) in [6.07, 6.45) is 4.75. The van der Waals surface area contributed by atoms with E-state index in [1.807, 2.05) is 17.7 Å². The van der Waals surface area contributed by atoms with Crippen LogP contribution in [0.5, 0.6) is 0 Å². The first-order valence-electron chi connectivity index (χ1n) is 6.41. The highest BCUT2D eigenvalue weighted by molar-refractivity contribution is 5.98. The molecule has 0 aliphatic carbocycles. The third kappa shape index (κ3) is 3.08. The first-order chi connectivity index (χ1) is 9.11. The van der Waals surface area contributed by atoms with Crippen molar-refractivity contribution < 1.29 is 9.18 Å². The van der Waals surface area contributed by atoms with Gasteiger partial charge in [-0.25, -0.2) is 9.37 Å². The molecule has 0 N–H and O–H groups in total. The van der Waals surface area contributed by atoms with Crippen molar-refractivity contribution in [2.45, 2.75) is 33.2 Å². The predicted molar refractivity (Wildman–Crippen MR) is 71.7 cm³/mol. The average molecular weight is 260 g/mol. The maximum atomic E-state index is 13.2. The maximum absolute atomic E-state index is 13.2. The summed E-state index contributed by atoms with van der Waals surface area (Å²) in [5.74, 6) is 0.252. The molecule has 0 atom stereocenters. The molecule has 2 aromatic rings. The zero-order chi connectivity index (χ0) is 13.8. The van der Waals surface area contributed by atoms with E-state index in [4.69, 9.17) is 0 Å². The Hall–Kier alpha value is -1.97. The van der Waals surface area contributed by atoms with E-state index in [-0.39, 0.29) is 18.0 Å². The van der Waals surface area contributed by atoms with Crippen LogP contribution in [0.15, 0.2) is 30.6 Å². The van der Waals surface area contributed by atoms with Crippen LogP contribution in [-0.2, 0) is 13.0 Å². The Morgan fingerprint density at radius 1 is 1.42 bits per heavy atom. The number of carbonyl (C=O) groups is 1.